The Morgan fingerprint density at radius 1 is 1.10 bits per heavy atom. The van der Waals surface area contributed by atoms with Crippen LogP contribution in [0.3, 0.4) is 0 Å². The third-order valence-corrected chi connectivity index (χ3v) is 7.93. The summed E-state index contributed by atoms with van der Waals surface area (Å²) >= 11 is 0. The molecule has 1 heterocycles. The molecule has 29 heavy (non-hydrogen) atoms. The van der Waals surface area contributed by atoms with Crippen LogP contribution in [0, 0.1) is 5.92 Å². The highest BCUT2D eigenvalue weighted by Gasteiger charge is 2.26. The summed E-state index contributed by atoms with van der Waals surface area (Å²) in [5.41, 5.74) is 2.39. The molecular weight excluding hydrogens is 386 g/mol. The van der Waals surface area contributed by atoms with Crippen LogP contribution in [0.15, 0.2) is 24.3 Å². The lowest BCUT2D eigenvalue weighted by Gasteiger charge is -2.37. The Morgan fingerprint density at radius 2 is 1.76 bits per heavy atom. The standard InChI is InChI=1S/C22H37N3O3S/c1-16(2)29(26,27)24-20-10-8-19(9-11-20)13-23-21-6-5-7-22(12-21)25-14-17(3)28-18(4)15-25/h5-7,12,16-20,23-24H,8-11,13-15H2,1-4H3/t17-,18+,19-,20-. The lowest BCUT2D eigenvalue weighted by atomic mass is 9.86. The maximum absolute atomic E-state index is 12.1. The largest absolute Gasteiger partial charge is 0.385 e. The second-order valence-electron chi connectivity index (χ2n) is 9.02. The minimum Gasteiger partial charge on any atom is -0.385 e. The molecule has 164 valence electrons. The van der Waals surface area contributed by atoms with E-state index >= 15 is 0 Å². The van der Waals surface area contributed by atoms with Gasteiger partial charge in [0.05, 0.1) is 17.5 Å². The Hall–Kier alpha value is -1.31. The second kappa shape index (κ2) is 9.67. The summed E-state index contributed by atoms with van der Waals surface area (Å²) in [5.74, 6) is 0.585. The molecule has 1 aliphatic carbocycles. The van der Waals surface area contributed by atoms with Crippen molar-refractivity contribution in [2.45, 2.75) is 76.9 Å². The quantitative estimate of drug-likeness (QED) is 0.701. The van der Waals surface area contributed by atoms with Crippen LogP contribution in [0.1, 0.15) is 53.4 Å². The van der Waals surface area contributed by atoms with Crippen molar-refractivity contribution < 1.29 is 13.2 Å². The smallest absolute Gasteiger partial charge is 0.214 e. The van der Waals surface area contributed by atoms with Gasteiger partial charge in [0.2, 0.25) is 10.0 Å². The molecule has 1 aromatic rings. The molecule has 1 aliphatic heterocycles. The first-order chi connectivity index (χ1) is 13.7. The predicted molar refractivity (Wildman–Crippen MR) is 120 cm³/mol. The molecule has 3 rings (SSSR count). The number of rotatable bonds is 7. The Labute approximate surface area is 176 Å². The van der Waals surface area contributed by atoms with Gasteiger partial charge in [0, 0.05) is 37.1 Å². The molecule has 0 aromatic heterocycles. The van der Waals surface area contributed by atoms with E-state index < -0.39 is 10.0 Å². The zero-order valence-electron chi connectivity index (χ0n) is 18.2. The zero-order valence-corrected chi connectivity index (χ0v) is 19.0. The molecule has 0 spiro atoms. The summed E-state index contributed by atoms with van der Waals surface area (Å²) < 4.78 is 32.8. The number of anilines is 2. The van der Waals surface area contributed by atoms with Crippen LogP contribution in [0.2, 0.25) is 0 Å². The molecule has 6 nitrogen and oxygen atoms in total. The molecule has 0 unspecified atom stereocenters. The van der Waals surface area contributed by atoms with Gasteiger partial charge in [-0.05, 0) is 77.5 Å². The zero-order chi connectivity index (χ0) is 21.0. The fourth-order valence-electron chi connectivity index (χ4n) is 4.32. The van der Waals surface area contributed by atoms with E-state index in [1.807, 2.05) is 0 Å². The summed E-state index contributed by atoms with van der Waals surface area (Å²) in [7, 11) is -3.17. The summed E-state index contributed by atoms with van der Waals surface area (Å²) in [6.45, 7) is 10.5. The maximum atomic E-state index is 12.1. The van der Waals surface area contributed by atoms with Gasteiger partial charge < -0.3 is 15.0 Å². The number of hydrogen-bond donors (Lipinski definition) is 2. The van der Waals surface area contributed by atoms with Crippen LogP contribution in [-0.2, 0) is 14.8 Å². The van der Waals surface area contributed by atoms with Gasteiger partial charge in [-0.3, -0.25) is 0 Å². The third kappa shape index (κ3) is 6.33. The minimum atomic E-state index is -3.17. The normalized spacial score (nSPS) is 28.5. The van der Waals surface area contributed by atoms with Crippen LogP contribution in [0.4, 0.5) is 11.4 Å². The molecule has 7 heteroatoms. The fraction of sp³-hybridized carbons (Fsp3) is 0.727. The van der Waals surface area contributed by atoms with Gasteiger partial charge in [-0.15, -0.1) is 0 Å². The Bertz CT molecular complexity index is 750. The van der Waals surface area contributed by atoms with Gasteiger partial charge >= 0.3 is 0 Å². The van der Waals surface area contributed by atoms with Crippen molar-refractivity contribution in [3.8, 4) is 0 Å². The Kier molecular flexibility index (Phi) is 7.46. The highest BCUT2D eigenvalue weighted by molar-refractivity contribution is 7.90. The molecule has 2 aliphatic rings. The van der Waals surface area contributed by atoms with Crippen LogP contribution in [0.25, 0.3) is 0 Å². The van der Waals surface area contributed by atoms with E-state index in [0.29, 0.717) is 5.92 Å². The highest BCUT2D eigenvalue weighted by Crippen LogP contribution is 2.27. The van der Waals surface area contributed by atoms with Gasteiger partial charge in [0.1, 0.15) is 0 Å². The molecule has 1 saturated heterocycles. The molecule has 0 radical (unpaired) electrons. The van der Waals surface area contributed by atoms with E-state index in [0.717, 1.165) is 51.0 Å². The molecular formula is C22H37N3O3S. The van der Waals surface area contributed by atoms with Gasteiger partial charge in [-0.2, -0.15) is 0 Å². The van der Waals surface area contributed by atoms with E-state index in [1.165, 1.54) is 5.69 Å². The van der Waals surface area contributed by atoms with E-state index in [4.69, 9.17) is 4.74 Å². The SMILES string of the molecule is CC(C)S(=O)(=O)N[C@H]1CC[C@H](CNc2cccc(N3C[C@@H](C)O[C@@H](C)C3)c2)CC1. The number of benzene rings is 1. The molecule has 2 atom stereocenters. The molecule has 1 aromatic carbocycles. The molecule has 1 saturated carbocycles. The number of nitrogens with zero attached hydrogens (tertiary/aromatic N) is 1. The summed E-state index contributed by atoms with van der Waals surface area (Å²) in [4.78, 5) is 2.40. The number of morpholine rings is 1. The molecule has 0 bridgehead atoms. The topological polar surface area (TPSA) is 70.7 Å². The monoisotopic (exact) mass is 423 g/mol. The van der Waals surface area contributed by atoms with Crippen LogP contribution in [-0.4, -0.2) is 51.6 Å². The number of hydrogen-bond acceptors (Lipinski definition) is 5. The molecule has 2 N–H and O–H groups in total. The van der Waals surface area contributed by atoms with Crippen molar-refractivity contribution >= 4 is 21.4 Å². The van der Waals surface area contributed by atoms with Crippen molar-refractivity contribution in [3.05, 3.63) is 24.3 Å². The minimum absolute atomic E-state index is 0.0901. The first-order valence-corrected chi connectivity index (χ1v) is 12.5. The highest BCUT2D eigenvalue weighted by atomic mass is 32.2. The average molecular weight is 424 g/mol. The fourth-order valence-corrected chi connectivity index (χ4v) is 5.29. The number of nitrogens with one attached hydrogen (secondary N) is 2. The van der Waals surface area contributed by atoms with E-state index in [1.54, 1.807) is 13.8 Å². The van der Waals surface area contributed by atoms with Crippen molar-refractivity contribution in [1.29, 1.82) is 0 Å². The Balaban J connectivity index is 1.48. The maximum Gasteiger partial charge on any atom is 0.214 e. The van der Waals surface area contributed by atoms with E-state index in [9.17, 15) is 8.42 Å². The van der Waals surface area contributed by atoms with Crippen molar-refractivity contribution in [2.75, 3.05) is 29.9 Å². The summed E-state index contributed by atoms with van der Waals surface area (Å²) in [5, 5.41) is 3.23. The molecule has 0 amide bonds. The lowest BCUT2D eigenvalue weighted by Crippen LogP contribution is -2.45. The lowest BCUT2D eigenvalue weighted by molar-refractivity contribution is -0.00521. The van der Waals surface area contributed by atoms with Crippen LogP contribution in [0.5, 0.6) is 0 Å². The van der Waals surface area contributed by atoms with Gasteiger partial charge in [0.15, 0.2) is 0 Å². The van der Waals surface area contributed by atoms with Gasteiger partial charge in [0.25, 0.3) is 0 Å². The number of ether oxygens (including phenoxy) is 1. The first kappa shape index (κ1) is 22.4. The van der Waals surface area contributed by atoms with Gasteiger partial charge in [-0.25, -0.2) is 13.1 Å². The summed E-state index contributed by atoms with van der Waals surface area (Å²) in [6, 6.07) is 8.72. The van der Waals surface area contributed by atoms with Crippen molar-refractivity contribution in [2.24, 2.45) is 5.92 Å². The van der Waals surface area contributed by atoms with Crippen LogP contribution < -0.4 is 14.9 Å². The van der Waals surface area contributed by atoms with E-state index in [-0.39, 0.29) is 23.5 Å². The van der Waals surface area contributed by atoms with Gasteiger partial charge in [-0.1, -0.05) is 6.07 Å². The number of sulfonamides is 1. The van der Waals surface area contributed by atoms with Crippen molar-refractivity contribution in [1.82, 2.24) is 4.72 Å². The third-order valence-electron chi connectivity index (χ3n) is 6.02. The second-order valence-corrected chi connectivity index (χ2v) is 11.3. The average Bonchev–Trinajstić information content (AvgIpc) is 2.66. The molecule has 2 fully saturated rings. The first-order valence-electron chi connectivity index (χ1n) is 11.0. The Morgan fingerprint density at radius 3 is 2.38 bits per heavy atom. The van der Waals surface area contributed by atoms with E-state index in [2.05, 4.69) is 53.1 Å². The van der Waals surface area contributed by atoms with Crippen molar-refractivity contribution in [3.63, 3.8) is 0 Å². The summed E-state index contributed by atoms with van der Waals surface area (Å²) in [6.07, 6.45) is 4.44. The van der Waals surface area contributed by atoms with Crippen LogP contribution >= 0.6 is 0 Å². The predicted octanol–water partition coefficient (Wildman–Crippen LogP) is 3.60.